The summed E-state index contributed by atoms with van der Waals surface area (Å²) in [6.07, 6.45) is 0. The van der Waals surface area contributed by atoms with Gasteiger partial charge in [-0.3, -0.25) is 0 Å². The number of aromatic nitrogens is 2. The highest BCUT2D eigenvalue weighted by molar-refractivity contribution is 7.89. The highest BCUT2D eigenvalue weighted by Crippen LogP contribution is 2.25. The zero-order valence-electron chi connectivity index (χ0n) is 11.5. The predicted molar refractivity (Wildman–Crippen MR) is 79.3 cm³/mol. The van der Waals surface area contributed by atoms with E-state index in [1.54, 1.807) is 24.3 Å². The number of primary sulfonamides is 1. The molecule has 1 aromatic heterocycles. The molecule has 0 saturated heterocycles. The van der Waals surface area contributed by atoms with Crippen LogP contribution in [0.3, 0.4) is 0 Å². The van der Waals surface area contributed by atoms with Gasteiger partial charge in [-0.15, -0.1) is 0 Å². The lowest BCUT2D eigenvalue weighted by atomic mass is 10.1. The number of benzene rings is 2. The minimum absolute atomic E-state index is 0.0410. The fraction of sp³-hybridized carbons (Fsp3) is 0. The summed E-state index contributed by atoms with van der Waals surface area (Å²) < 4.78 is 28.5. The van der Waals surface area contributed by atoms with Crippen LogP contribution in [0, 0.1) is 0 Å². The van der Waals surface area contributed by atoms with Crippen LogP contribution in [0.5, 0.6) is 5.95 Å². The lowest BCUT2D eigenvalue weighted by molar-refractivity contribution is -0.660. The zero-order chi connectivity index (χ0) is 16.6. The normalized spacial score (nSPS) is 11.6. The van der Waals surface area contributed by atoms with Crippen molar-refractivity contribution in [3.63, 3.8) is 0 Å². The first-order valence-corrected chi connectivity index (χ1v) is 8.27. The first-order chi connectivity index (χ1) is 10.9. The van der Waals surface area contributed by atoms with E-state index in [2.05, 4.69) is 5.27 Å². The summed E-state index contributed by atoms with van der Waals surface area (Å²) in [6, 6.07) is 12.2. The van der Waals surface area contributed by atoms with E-state index in [0.29, 0.717) is 16.3 Å². The van der Waals surface area contributed by atoms with E-state index in [9.17, 15) is 13.5 Å². The van der Waals surface area contributed by atoms with E-state index in [-0.39, 0.29) is 10.6 Å². The molecule has 3 rings (SSSR count). The molecule has 0 spiro atoms. The number of halogens is 1. The first-order valence-electron chi connectivity index (χ1n) is 6.34. The number of nitrogens with two attached hydrogens (primary N) is 1. The SMILES string of the molecule is NS(=O)(=O)c1ccc(-[n+]2noc([O-])c2-c2ccc(Cl)cc2)cc1. The maximum atomic E-state index is 11.9. The van der Waals surface area contributed by atoms with Gasteiger partial charge >= 0.3 is 0 Å². The highest BCUT2D eigenvalue weighted by atomic mass is 35.5. The Bertz CT molecular complexity index is 951. The Balaban J connectivity index is 2.10. The molecule has 118 valence electrons. The van der Waals surface area contributed by atoms with Crippen LogP contribution in [0.4, 0.5) is 0 Å². The molecule has 0 atom stereocenters. The molecule has 0 aliphatic carbocycles. The van der Waals surface area contributed by atoms with Crippen LogP contribution >= 0.6 is 11.6 Å². The van der Waals surface area contributed by atoms with Crippen LogP contribution in [-0.4, -0.2) is 13.7 Å². The predicted octanol–water partition coefficient (Wildman–Crippen LogP) is 0.993. The maximum absolute atomic E-state index is 11.9. The van der Waals surface area contributed by atoms with E-state index in [1.165, 1.54) is 28.9 Å². The summed E-state index contributed by atoms with van der Waals surface area (Å²) in [6.45, 7) is 0. The third-order valence-corrected chi connectivity index (χ3v) is 4.32. The quantitative estimate of drug-likeness (QED) is 0.707. The summed E-state index contributed by atoms with van der Waals surface area (Å²) in [5.74, 6) is -0.622. The van der Waals surface area contributed by atoms with Crippen molar-refractivity contribution in [3.8, 4) is 22.9 Å². The van der Waals surface area contributed by atoms with Crippen molar-refractivity contribution in [3.05, 3.63) is 53.6 Å². The van der Waals surface area contributed by atoms with Crippen molar-refractivity contribution >= 4 is 21.6 Å². The second-order valence-corrected chi connectivity index (χ2v) is 6.66. The Morgan fingerprint density at radius 3 is 2.26 bits per heavy atom. The van der Waals surface area contributed by atoms with E-state index in [1.807, 2.05) is 0 Å². The van der Waals surface area contributed by atoms with Gasteiger partial charge in [-0.25, -0.2) is 13.6 Å². The lowest BCUT2D eigenvalue weighted by Gasteiger charge is -2.00. The summed E-state index contributed by atoms with van der Waals surface area (Å²) in [4.78, 5) is -0.0410. The Hall–Kier alpha value is -2.42. The lowest BCUT2D eigenvalue weighted by Crippen LogP contribution is -2.34. The Morgan fingerprint density at radius 1 is 1.09 bits per heavy atom. The van der Waals surface area contributed by atoms with Gasteiger partial charge in [-0.2, -0.15) is 0 Å². The van der Waals surface area contributed by atoms with Gasteiger partial charge in [0, 0.05) is 17.2 Å². The molecule has 7 nitrogen and oxygen atoms in total. The summed E-state index contributed by atoms with van der Waals surface area (Å²) >= 11 is 5.84. The fourth-order valence-electron chi connectivity index (χ4n) is 2.05. The van der Waals surface area contributed by atoms with Crippen LogP contribution in [0.2, 0.25) is 5.02 Å². The molecule has 3 aromatic rings. The van der Waals surface area contributed by atoms with Crippen molar-refractivity contribution in [2.24, 2.45) is 5.14 Å². The molecule has 2 aromatic carbocycles. The Morgan fingerprint density at radius 2 is 1.70 bits per heavy atom. The molecule has 0 fully saturated rings. The van der Waals surface area contributed by atoms with Crippen LogP contribution < -0.4 is 14.9 Å². The average molecular weight is 352 g/mol. The van der Waals surface area contributed by atoms with Gasteiger partial charge in [0.15, 0.2) is 5.95 Å². The first kappa shape index (κ1) is 15.5. The topological polar surface area (TPSA) is 113 Å². The van der Waals surface area contributed by atoms with Crippen molar-refractivity contribution in [1.29, 1.82) is 0 Å². The molecule has 0 bridgehead atoms. The number of nitrogens with zero attached hydrogens (tertiary/aromatic N) is 2. The van der Waals surface area contributed by atoms with E-state index < -0.39 is 16.0 Å². The van der Waals surface area contributed by atoms with Crippen LogP contribution in [0.1, 0.15) is 0 Å². The molecule has 0 aliphatic rings. The van der Waals surface area contributed by atoms with E-state index >= 15 is 0 Å². The van der Waals surface area contributed by atoms with Gasteiger partial charge in [0.2, 0.25) is 15.7 Å². The summed E-state index contributed by atoms with van der Waals surface area (Å²) in [7, 11) is -3.79. The summed E-state index contributed by atoms with van der Waals surface area (Å²) in [5, 5.41) is 21.2. The molecule has 23 heavy (non-hydrogen) atoms. The highest BCUT2D eigenvalue weighted by Gasteiger charge is 2.22. The largest absolute Gasteiger partial charge is 0.539 e. The van der Waals surface area contributed by atoms with Crippen molar-refractivity contribution in [2.75, 3.05) is 0 Å². The smallest absolute Gasteiger partial charge is 0.270 e. The standard InChI is InChI=1S/C14H10ClN3O4S/c15-10-3-1-9(2-4-10)13-14(19)22-17-18(13)11-5-7-12(8-6-11)23(16,20)21/h1-8H,(H2-,16,17,19,20,21). The van der Waals surface area contributed by atoms with Crippen molar-refractivity contribution < 1.29 is 22.7 Å². The van der Waals surface area contributed by atoms with E-state index in [0.717, 1.165) is 0 Å². The van der Waals surface area contributed by atoms with Gasteiger partial charge < -0.3 is 9.63 Å². The van der Waals surface area contributed by atoms with Gasteiger partial charge in [-0.1, -0.05) is 11.6 Å². The van der Waals surface area contributed by atoms with Crippen molar-refractivity contribution in [1.82, 2.24) is 5.27 Å². The monoisotopic (exact) mass is 351 g/mol. The van der Waals surface area contributed by atoms with Crippen LogP contribution in [0.25, 0.3) is 16.9 Å². The minimum Gasteiger partial charge on any atom is -0.539 e. The van der Waals surface area contributed by atoms with Gasteiger partial charge in [0.1, 0.15) is 0 Å². The van der Waals surface area contributed by atoms with Crippen LogP contribution in [-0.2, 0) is 10.0 Å². The Labute approximate surface area is 136 Å². The van der Waals surface area contributed by atoms with E-state index in [4.69, 9.17) is 21.3 Å². The second kappa shape index (κ2) is 5.65. The maximum Gasteiger partial charge on any atom is 0.270 e. The third kappa shape index (κ3) is 3.04. The molecule has 1 heterocycles. The molecular formula is C14H10ClN3O4S. The summed E-state index contributed by atoms with van der Waals surface area (Å²) in [5.41, 5.74) is 1.22. The molecule has 2 N–H and O–H groups in total. The van der Waals surface area contributed by atoms with Gasteiger partial charge in [-0.05, 0) is 41.1 Å². The Kier molecular flexibility index (Phi) is 3.80. The third-order valence-electron chi connectivity index (χ3n) is 3.14. The van der Waals surface area contributed by atoms with Crippen LogP contribution in [0.15, 0.2) is 57.9 Å². The van der Waals surface area contributed by atoms with Crippen molar-refractivity contribution in [2.45, 2.75) is 4.90 Å². The number of sulfonamides is 1. The molecule has 0 aliphatic heterocycles. The molecule has 0 amide bonds. The minimum atomic E-state index is -3.79. The second-order valence-electron chi connectivity index (χ2n) is 4.67. The zero-order valence-corrected chi connectivity index (χ0v) is 13.1. The molecule has 0 saturated carbocycles. The molecule has 0 unspecified atom stereocenters. The van der Waals surface area contributed by atoms with Gasteiger partial charge in [0.05, 0.1) is 15.7 Å². The number of hydrogen-bond donors (Lipinski definition) is 1. The number of hydrogen-bond acceptors (Lipinski definition) is 5. The average Bonchev–Trinajstić information content (AvgIpc) is 2.89. The fourth-order valence-corrected chi connectivity index (χ4v) is 2.69. The number of rotatable bonds is 3. The molecular weight excluding hydrogens is 342 g/mol. The van der Waals surface area contributed by atoms with Gasteiger partial charge in [0.25, 0.3) is 5.69 Å². The molecule has 0 radical (unpaired) electrons. The molecule has 9 heteroatoms.